The van der Waals surface area contributed by atoms with Crippen LogP contribution in [0.1, 0.15) is 34.7 Å². The summed E-state index contributed by atoms with van der Waals surface area (Å²) in [4.78, 5) is 65.6. The first-order chi connectivity index (χ1) is 54.2. The number of thiazole rings is 1. The zero-order valence-electron chi connectivity index (χ0n) is 58.9. The van der Waals surface area contributed by atoms with Crippen LogP contribution in [0.25, 0.3) is 83.1 Å². The average molecular weight is 2070 g/mol. The van der Waals surface area contributed by atoms with Gasteiger partial charge < -0.3 is 90.6 Å². The molecule has 0 unspecified atom stereocenters. The number of hydrogen-bond acceptors (Lipinski definition) is 19. The molecule has 9 aliphatic heterocycles. The van der Waals surface area contributed by atoms with Crippen molar-refractivity contribution in [2.24, 2.45) is 44.0 Å². The molecule has 6 aromatic heterocycles. The summed E-state index contributed by atoms with van der Waals surface area (Å²) in [7, 11) is 3.86. The molecule has 33 heteroatoms. The number of anilines is 4. The number of fused-ring (bicyclic) bond motifs is 30. The average Bonchev–Trinajstić information content (AvgIpc) is 1.62. The SMILES string of the molecule is C1=C2[N-]C(=Nc3cn(-c4ccccc4)c(n3)C3=CN(c4ccccc4)C(=Nc4nc2cn4-c2ccccc2)[N-]3)N1c1ccccc1.C1=C2[N-]C(=Nc3cn(-c4ccccc4)c(n3)C3=CSC(=Nc4nc2cs4)[N-]3)S1.Cn1cc2nc1C1=CN(c3ccccc3)C(=Nc3cn(C)c(n3)C3=CN(c4ccccc4)C(=N2)[N-]3)[N-]1.[Pt+2].[Pt+2].[Pt+2]. The van der Waals surface area contributed by atoms with Gasteiger partial charge in [0.25, 0.3) is 0 Å². The molecule has 0 spiro atoms. The summed E-state index contributed by atoms with van der Waals surface area (Å²) in [5.74, 6) is 7.27. The fraction of sp³-hybridized carbons (Fsp3) is 0.0250. The summed E-state index contributed by atoms with van der Waals surface area (Å²) < 4.78 is 9.77. The third-order valence-corrected chi connectivity index (χ3v) is 20.2. The molecule has 27 nitrogen and oxygen atoms in total. The van der Waals surface area contributed by atoms with E-state index in [1.54, 1.807) is 0 Å². The Morgan fingerprint density at radius 2 is 0.628 bits per heavy atom. The molecule has 113 heavy (non-hydrogen) atoms. The van der Waals surface area contributed by atoms with Crippen LogP contribution in [0.15, 0.2) is 314 Å². The maximum Gasteiger partial charge on any atom is 2.00 e. The van der Waals surface area contributed by atoms with Gasteiger partial charge in [0.2, 0.25) is 0 Å². The minimum Gasteiger partial charge on any atom is -0.428 e. The first-order valence-electron chi connectivity index (χ1n) is 34.5. The van der Waals surface area contributed by atoms with Crippen LogP contribution in [0.4, 0.5) is 57.1 Å². The van der Waals surface area contributed by atoms with Crippen molar-refractivity contribution in [3.8, 4) is 17.1 Å². The summed E-state index contributed by atoms with van der Waals surface area (Å²) in [5.41, 5.74) is 12.2. The normalized spacial score (nSPS) is 15.3. The Labute approximate surface area is 701 Å². The van der Waals surface area contributed by atoms with Crippen LogP contribution >= 0.6 is 34.9 Å². The molecule has 9 aliphatic rings. The molecule has 0 radical (unpaired) electrons. The number of aliphatic imine (C=N–C) groups is 6. The summed E-state index contributed by atoms with van der Waals surface area (Å²) in [6, 6.07) is 70.1. The molecule has 0 aliphatic carbocycles. The monoisotopic (exact) mass is 2070 g/mol. The van der Waals surface area contributed by atoms with Crippen molar-refractivity contribution in [2.45, 2.75) is 0 Å². The second kappa shape index (κ2) is 31.3. The molecule has 0 saturated carbocycles. The molecular weight excluding hydrogens is 2020 g/mol. The molecule has 13 aromatic rings. The van der Waals surface area contributed by atoms with E-state index >= 15 is 0 Å². The number of guanidine groups is 4. The summed E-state index contributed by atoms with van der Waals surface area (Å²) in [5, 5.41) is 36.7. The second-order valence-corrected chi connectivity index (χ2v) is 27.7. The van der Waals surface area contributed by atoms with E-state index in [2.05, 4.69) is 25.6 Å². The molecule has 556 valence electrons. The molecule has 22 rings (SSSR count). The van der Waals surface area contributed by atoms with Gasteiger partial charge in [0.1, 0.15) is 45.9 Å². The van der Waals surface area contributed by atoms with Crippen LogP contribution in [0.5, 0.6) is 0 Å². The van der Waals surface area contributed by atoms with Gasteiger partial charge in [-0.1, -0.05) is 176 Å². The number of rotatable bonds is 7. The molecule has 24 bridgehead atoms. The predicted molar refractivity (Wildman–Crippen MR) is 441 cm³/mol. The predicted octanol–water partition coefficient (Wildman–Crippen LogP) is 19.2. The van der Waals surface area contributed by atoms with E-state index in [1.807, 2.05) is 341 Å². The van der Waals surface area contributed by atoms with E-state index in [-0.39, 0.29) is 63.2 Å². The van der Waals surface area contributed by atoms with Crippen LogP contribution in [-0.2, 0) is 77.3 Å². The molecular formula is C80H53N27Pt3S3. The van der Waals surface area contributed by atoms with Crippen LogP contribution in [0, 0.1) is 0 Å². The Balaban J connectivity index is 0.000000125. The minimum absolute atomic E-state index is 0. The van der Waals surface area contributed by atoms with Crippen LogP contribution < -0.4 is 19.6 Å². The third kappa shape index (κ3) is 14.6. The van der Waals surface area contributed by atoms with Crippen LogP contribution in [-0.4, -0.2) is 86.9 Å². The number of benzene rings is 7. The number of aryl methyl sites for hydroxylation is 2. The Kier molecular flexibility index (Phi) is 20.3. The van der Waals surface area contributed by atoms with Crippen molar-refractivity contribution >= 4 is 160 Å². The maximum absolute atomic E-state index is 5.08. The molecule has 7 aromatic carbocycles. The van der Waals surface area contributed by atoms with Crippen molar-refractivity contribution in [1.29, 1.82) is 0 Å². The van der Waals surface area contributed by atoms with E-state index < -0.39 is 0 Å². The number of para-hydroxylation sites is 7. The third-order valence-electron chi connectivity index (χ3n) is 18.0. The molecule has 0 saturated heterocycles. The van der Waals surface area contributed by atoms with Crippen molar-refractivity contribution in [1.82, 2.24) is 52.7 Å². The number of nitrogens with zero attached hydrogens (tertiary/aromatic N) is 27. The van der Waals surface area contributed by atoms with E-state index in [1.165, 1.54) is 34.9 Å². The largest absolute Gasteiger partial charge is 2.00 e. The molecule has 0 fully saturated rings. The van der Waals surface area contributed by atoms with Gasteiger partial charge >= 0.3 is 63.2 Å². The minimum atomic E-state index is 0. The zero-order valence-corrected chi connectivity index (χ0v) is 68.1. The fourth-order valence-electron chi connectivity index (χ4n) is 12.8. The van der Waals surface area contributed by atoms with Crippen LogP contribution in [0.2, 0.25) is 0 Å². The molecule has 15 heterocycles. The van der Waals surface area contributed by atoms with E-state index in [4.69, 9.17) is 66.2 Å². The smallest absolute Gasteiger partial charge is 0.428 e. The van der Waals surface area contributed by atoms with Gasteiger partial charge in [-0.25, -0.2) is 29.9 Å². The van der Waals surface area contributed by atoms with Crippen LogP contribution in [0.3, 0.4) is 0 Å². The first-order valence-corrected chi connectivity index (χ1v) is 37.1. The zero-order chi connectivity index (χ0) is 73.2. The number of thioether (sulfide) groups is 2. The summed E-state index contributed by atoms with van der Waals surface area (Å²) in [6.45, 7) is 0. The van der Waals surface area contributed by atoms with Crippen molar-refractivity contribution in [3.63, 3.8) is 0 Å². The van der Waals surface area contributed by atoms with Gasteiger partial charge in [-0.3, -0.25) is 13.7 Å². The quantitative estimate of drug-likeness (QED) is 0.144. The van der Waals surface area contributed by atoms with Crippen molar-refractivity contribution < 1.29 is 63.2 Å². The van der Waals surface area contributed by atoms with Gasteiger partial charge in [0.05, 0.1) is 17.2 Å². The van der Waals surface area contributed by atoms with Crippen molar-refractivity contribution in [3.05, 3.63) is 351 Å². The Morgan fingerprint density at radius 3 is 1.09 bits per heavy atom. The molecule has 0 amide bonds. The number of hydrogen-bond donors (Lipinski definition) is 0. The standard InChI is InChI=1S/C36H24N10.C26H20N10.C18H9N7S3.3Pt/c1-5-13-25(14-6-1)43-24-32-40-33(43)31-23-46(28-19-11-4-12-20-28)36(39-31)42-35-38-30(22-45(35)27-17-9-3-10-18-27)29-21-44(34(37-29)41-32)26-15-7-2-8-16-26;1-33-15-21-29-23(33)19-13-35(17-9-5-3-6-10-17)25(27-19)32-22-16-34(2)24(30-22)20-14-36(26(28-20)31-21)18-11-7-4-8-12-18;1-2-4-10(5-3-1)25-6-14-22-15(25)13-9-28-18(21-13)24-17-20-12(8-27-17)11-7-26-16(19-11)23-14;;;/h1-24H;3-16H,1-2H3;1-9H;;;/q3*-2;3*+2. The van der Waals surface area contributed by atoms with Gasteiger partial charge in [-0.15, -0.1) is 34.9 Å². The Morgan fingerprint density at radius 1 is 0.283 bits per heavy atom. The van der Waals surface area contributed by atoms with Crippen molar-refractivity contribution in [2.75, 3.05) is 19.6 Å². The van der Waals surface area contributed by atoms with Gasteiger partial charge in [0, 0.05) is 120 Å². The number of imidazole rings is 5. The number of amidine groups is 2. The Bertz CT molecular complexity index is 6090. The molecule has 0 atom stereocenters. The Hall–Kier alpha value is -12.6. The molecule has 0 N–H and O–H groups in total. The second-order valence-electron chi connectivity index (χ2n) is 25.2. The summed E-state index contributed by atoms with van der Waals surface area (Å²) >= 11 is 4.40. The summed E-state index contributed by atoms with van der Waals surface area (Å²) in [6.07, 6.45) is 17.3. The van der Waals surface area contributed by atoms with Gasteiger partial charge in [-0.05, 0) is 111 Å². The number of aromatic nitrogens is 11. The first kappa shape index (κ1) is 73.3. The van der Waals surface area contributed by atoms with E-state index in [9.17, 15) is 0 Å². The van der Waals surface area contributed by atoms with E-state index in [0.717, 1.165) is 62.7 Å². The fourth-order valence-corrected chi connectivity index (χ4v) is 14.9. The van der Waals surface area contributed by atoms with Gasteiger partial charge in [0.15, 0.2) is 5.95 Å². The topological polar surface area (TPSA) is 274 Å². The van der Waals surface area contributed by atoms with Gasteiger partial charge in [-0.2, -0.15) is 0 Å². The van der Waals surface area contributed by atoms with E-state index in [0.29, 0.717) is 114 Å². The maximum atomic E-state index is 5.08.